The van der Waals surface area contributed by atoms with Gasteiger partial charge < -0.3 is 14.5 Å². The first-order valence-electron chi connectivity index (χ1n) is 7.66. The number of hydrogen-bond donors (Lipinski definition) is 1. The Morgan fingerprint density at radius 3 is 2.43 bits per heavy atom. The highest BCUT2D eigenvalue weighted by atomic mass is 16.5. The molecule has 0 bridgehead atoms. The van der Waals surface area contributed by atoms with Gasteiger partial charge in [0.25, 0.3) is 0 Å². The highest BCUT2D eigenvalue weighted by Gasteiger charge is 2.28. The topological polar surface area (TPSA) is 34.0 Å². The van der Waals surface area contributed by atoms with Gasteiger partial charge in [0, 0.05) is 5.41 Å². The van der Waals surface area contributed by atoms with Gasteiger partial charge in [-0.1, -0.05) is 32.9 Å². The molecule has 0 aromatic heterocycles. The monoisotopic (exact) mass is 291 g/mol. The largest absolute Gasteiger partial charge is 0.495 e. The SMILES string of the molecule is COc1ccccc1N1CC[NH+](CC(=O)C(C)(C)C)CC1. The number of para-hydroxylation sites is 2. The average Bonchev–Trinajstić information content (AvgIpc) is 2.47. The molecule has 0 spiro atoms. The van der Waals surface area contributed by atoms with Crippen LogP contribution in [0.5, 0.6) is 5.75 Å². The molecule has 2 rings (SSSR count). The van der Waals surface area contributed by atoms with Crippen molar-refractivity contribution in [2.24, 2.45) is 5.41 Å². The van der Waals surface area contributed by atoms with Crippen molar-refractivity contribution in [2.45, 2.75) is 20.8 Å². The number of ketones is 1. The van der Waals surface area contributed by atoms with Crippen molar-refractivity contribution in [1.29, 1.82) is 0 Å². The molecule has 21 heavy (non-hydrogen) atoms. The molecule has 0 unspecified atom stereocenters. The first-order valence-corrected chi connectivity index (χ1v) is 7.66. The van der Waals surface area contributed by atoms with Gasteiger partial charge in [-0.25, -0.2) is 0 Å². The summed E-state index contributed by atoms with van der Waals surface area (Å²) in [6.07, 6.45) is 0. The molecule has 1 N–H and O–H groups in total. The minimum Gasteiger partial charge on any atom is -0.495 e. The molecule has 0 saturated carbocycles. The Morgan fingerprint density at radius 2 is 1.86 bits per heavy atom. The highest BCUT2D eigenvalue weighted by Crippen LogP contribution is 2.27. The molecule has 4 nitrogen and oxygen atoms in total. The number of Topliss-reactive ketones (excluding diaryl/α,β-unsaturated/α-hetero) is 1. The predicted octanol–water partition coefficient (Wildman–Crippen LogP) is 1.02. The molecular weight excluding hydrogens is 264 g/mol. The van der Waals surface area contributed by atoms with Crippen molar-refractivity contribution in [3.63, 3.8) is 0 Å². The van der Waals surface area contributed by atoms with Gasteiger partial charge in [0.2, 0.25) is 0 Å². The molecule has 1 aliphatic rings. The van der Waals surface area contributed by atoms with E-state index in [1.165, 1.54) is 4.90 Å². The lowest BCUT2D eigenvalue weighted by Crippen LogP contribution is -3.15. The Hall–Kier alpha value is -1.55. The number of nitrogens with zero attached hydrogens (tertiary/aromatic N) is 1. The summed E-state index contributed by atoms with van der Waals surface area (Å²) in [7, 11) is 1.71. The van der Waals surface area contributed by atoms with Crippen LogP contribution in [0, 0.1) is 5.41 Å². The van der Waals surface area contributed by atoms with Crippen LogP contribution in [0.1, 0.15) is 20.8 Å². The lowest BCUT2D eigenvalue weighted by molar-refractivity contribution is -0.892. The van der Waals surface area contributed by atoms with Crippen LogP contribution in [0.2, 0.25) is 0 Å². The van der Waals surface area contributed by atoms with Crippen molar-refractivity contribution in [1.82, 2.24) is 0 Å². The number of quaternary nitrogens is 1. The van der Waals surface area contributed by atoms with Crippen LogP contribution in [0.4, 0.5) is 5.69 Å². The Morgan fingerprint density at radius 1 is 1.24 bits per heavy atom. The zero-order chi connectivity index (χ0) is 15.5. The van der Waals surface area contributed by atoms with E-state index < -0.39 is 0 Å². The standard InChI is InChI=1S/C17H26N2O2/c1-17(2,3)16(20)13-18-9-11-19(12-10-18)14-7-5-6-8-15(14)21-4/h5-8H,9-13H2,1-4H3/p+1. The Balaban J connectivity index is 1.93. The van der Waals surface area contributed by atoms with E-state index in [9.17, 15) is 4.79 Å². The van der Waals surface area contributed by atoms with Crippen LogP contribution in [-0.2, 0) is 4.79 Å². The van der Waals surface area contributed by atoms with Crippen LogP contribution in [0.3, 0.4) is 0 Å². The fourth-order valence-electron chi connectivity index (χ4n) is 2.62. The summed E-state index contributed by atoms with van der Waals surface area (Å²) in [5.74, 6) is 1.27. The zero-order valence-electron chi connectivity index (χ0n) is 13.6. The lowest BCUT2D eigenvalue weighted by Gasteiger charge is -2.34. The maximum absolute atomic E-state index is 12.1. The number of rotatable bonds is 4. The van der Waals surface area contributed by atoms with Gasteiger partial charge in [0.15, 0.2) is 5.78 Å². The summed E-state index contributed by atoms with van der Waals surface area (Å²) in [6, 6.07) is 8.13. The molecule has 1 saturated heterocycles. The second kappa shape index (κ2) is 6.48. The second-order valence-corrected chi connectivity index (χ2v) is 6.76. The molecule has 0 atom stereocenters. The second-order valence-electron chi connectivity index (χ2n) is 6.76. The van der Waals surface area contributed by atoms with Gasteiger partial charge >= 0.3 is 0 Å². The highest BCUT2D eigenvalue weighted by molar-refractivity contribution is 5.84. The lowest BCUT2D eigenvalue weighted by atomic mass is 9.90. The predicted molar refractivity (Wildman–Crippen MR) is 85.2 cm³/mol. The van der Waals surface area contributed by atoms with Crippen molar-refractivity contribution >= 4 is 11.5 Å². The Labute approximate surface area is 127 Å². The van der Waals surface area contributed by atoms with Gasteiger partial charge in [0.05, 0.1) is 39.0 Å². The van der Waals surface area contributed by atoms with E-state index >= 15 is 0 Å². The Kier molecular flexibility index (Phi) is 4.88. The summed E-state index contributed by atoms with van der Waals surface area (Å²) in [6.45, 7) is 10.6. The van der Waals surface area contributed by atoms with Crippen molar-refractivity contribution in [3.05, 3.63) is 24.3 Å². The summed E-state index contributed by atoms with van der Waals surface area (Å²) in [5, 5.41) is 0. The molecule has 0 radical (unpaired) electrons. The van der Waals surface area contributed by atoms with E-state index in [2.05, 4.69) is 11.0 Å². The smallest absolute Gasteiger partial charge is 0.192 e. The van der Waals surface area contributed by atoms with Gasteiger partial charge in [-0.3, -0.25) is 4.79 Å². The number of benzene rings is 1. The number of hydrogen-bond acceptors (Lipinski definition) is 3. The van der Waals surface area contributed by atoms with E-state index in [4.69, 9.17) is 4.74 Å². The number of carbonyl (C=O) groups is 1. The number of methoxy groups -OCH3 is 1. The molecule has 1 aliphatic heterocycles. The molecule has 116 valence electrons. The normalized spacial score (nSPS) is 16.9. The zero-order valence-corrected chi connectivity index (χ0v) is 13.6. The molecule has 1 fully saturated rings. The van der Waals surface area contributed by atoms with E-state index in [0.717, 1.165) is 37.6 Å². The number of anilines is 1. The van der Waals surface area contributed by atoms with Gasteiger partial charge in [0.1, 0.15) is 12.3 Å². The van der Waals surface area contributed by atoms with Crippen LogP contribution in [0.25, 0.3) is 0 Å². The third-order valence-corrected chi connectivity index (χ3v) is 4.14. The summed E-state index contributed by atoms with van der Waals surface area (Å²) in [4.78, 5) is 15.9. The summed E-state index contributed by atoms with van der Waals surface area (Å²) in [5.41, 5.74) is 0.925. The molecule has 1 aromatic carbocycles. The van der Waals surface area contributed by atoms with E-state index in [1.807, 2.05) is 39.0 Å². The van der Waals surface area contributed by atoms with Crippen LogP contribution >= 0.6 is 0 Å². The summed E-state index contributed by atoms with van der Waals surface area (Å²) >= 11 is 0. The first-order chi connectivity index (χ1) is 9.91. The molecule has 4 heteroatoms. The Bertz CT molecular complexity index is 486. The van der Waals surface area contributed by atoms with Crippen LogP contribution in [0.15, 0.2) is 24.3 Å². The maximum atomic E-state index is 12.1. The quantitative estimate of drug-likeness (QED) is 0.899. The van der Waals surface area contributed by atoms with Crippen molar-refractivity contribution in [3.8, 4) is 5.75 Å². The molecule has 1 aromatic rings. The number of carbonyl (C=O) groups excluding carboxylic acids is 1. The fraction of sp³-hybridized carbons (Fsp3) is 0.588. The minimum absolute atomic E-state index is 0.229. The minimum atomic E-state index is -0.229. The molecular formula is C17H27N2O2+. The third kappa shape index (κ3) is 3.97. The van der Waals surface area contributed by atoms with Gasteiger partial charge in [-0.2, -0.15) is 0 Å². The van der Waals surface area contributed by atoms with Crippen molar-refractivity contribution < 1.29 is 14.4 Å². The summed E-state index contributed by atoms with van der Waals surface area (Å²) < 4.78 is 5.43. The van der Waals surface area contributed by atoms with E-state index in [1.54, 1.807) is 7.11 Å². The van der Waals surface area contributed by atoms with Crippen molar-refractivity contribution in [2.75, 3.05) is 44.7 Å². The molecule has 0 amide bonds. The number of ether oxygens (including phenoxy) is 1. The van der Waals surface area contributed by atoms with E-state index in [0.29, 0.717) is 12.3 Å². The van der Waals surface area contributed by atoms with Gasteiger partial charge in [-0.05, 0) is 12.1 Å². The van der Waals surface area contributed by atoms with Crippen LogP contribution in [-0.4, -0.2) is 45.6 Å². The van der Waals surface area contributed by atoms with E-state index in [-0.39, 0.29) is 5.41 Å². The van der Waals surface area contributed by atoms with Gasteiger partial charge in [-0.15, -0.1) is 0 Å². The maximum Gasteiger partial charge on any atom is 0.192 e. The van der Waals surface area contributed by atoms with Crippen LogP contribution < -0.4 is 14.5 Å². The molecule has 1 heterocycles. The average molecular weight is 291 g/mol. The third-order valence-electron chi connectivity index (χ3n) is 4.14. The first kappa shape index (κ1) is 15.8. The number of piperazine rings is 1. The molecule has 0 aliphatic carbocycles. The fourth-order valence-corrected chi connectivity index (χ4v) is 2.62. The number of nitrogens with one attached hydrogen (secondary N) is 1.